The zero-order valence-corrected chi connectivity index (χ0v) is 25.3. The fraction of sp³-hybridized carbons (Fsp3) is 0.893. The molecule has 8 nitrogen and oxygen atoms in total. The van der Waals surface area contributed by atoms with Gasteiger partial charge in [-0.15, -0.1) is 0 Å². The topological polar surface area (TPSA) is 113 Å². The molecular formula is C28H57NO7S. The molecule has 0 fully saturated rings. The van der Waals surface area contributed by atoms with Crippen molar-refractivity contribution in [1.29, 1.82) is 0 Å². The molecule has 0 heterocycles. The van der Waals surface area contributed by atoms with Crippen LogP contribution in [0.1, 0.15) is 117 Å². The maximum Gasteiger partial charge on any atom is 0.333 e. The molecule has 1 atom stereocenters. The van der Waals surface area contributed by atoms with Gasteiger partial charge in [-0.05, 0) is 19.8 Å². The van der Waals surface area contributed by atoms with Crippen LogP contribution in [0.25, 0.3) is 0 Å². The van der Waals surface area contributed by atoms with Crippen molar-refractivity contribution >= 4 is 16.4 Å². The lowest BCUT2D eigenvalue weighted by atomic mass is 10.0. The highest BCUT2D eigenvalue weighted by molar-refractivity contribution is 7.80. The predicted octanol–water partition coefficient (Wildman–Crippen LogP) is 5.90. The Balaban J connectivity index is 0. The third-order valence-electron chi connectivity index (χ3n) is 6.28. The maximum absolute atomic E-state index is 11.4. The first kappa shape index (κ1) is 38.1. The van der Waals surface area contributed by atoms with E-state index in [9.17, 15) is 22.9 Å². The fourth-order valence-electron chi connectivity index (χ4n) is 4.10. The number of carbonyl (C=O) groups is 1. The number of rotatable bonds is 23. The van der Waals surface area contributed by atoms with E-state index in [4.69, 9.17) is 4.74 Å². The molecule has 0 aromatic rings. The summed E-state index contributed by atoms with van der Waals surface area (Å²) < 4.78 is 36.8. The third-order valence-corrected chi connectivity index (χ3v) is 6.69. The summed E-state index contributed by atoms with van der Waals surface area (Å²) in [7, 11) is 0.664. The Morgan fingerprint density at radius 3 is 1.54 bits per heavy atom. The van der Waals surface area contributed by atoms with Crippen LogP contribution < -0.4 is 0 Å². The minimum Gasteiger partial charge on any atom is -0.726 e. The number of ether oxygens (including phenoxy) is 1. The largest absolute Gasteiger partial charge is 0.726 e. The number of quaternary nitrogens is 1. The van der Waals surface area contributed by atoms with E-state index >= 15 is 0 Å². The molecule has 0 aliphatic heterocycles. The number of hydrogen-bond donors (Lipinski definition) is 1. The smallest absolute Gasteiger partial charge is 0.333 e. The van der Waals surface area contributed by atoms with Gasteiger partial charge >= 0.3 is 5.97 Å². The van der Waals surface area contributed by atoms with Crippen LogP contribution in [0, 0.1) is 0 Å². The second kappa shape index (κ2) is 24.1. The van der Waals surface area contributed by atoms with Crippen LogP contribution in [0.15, 0.2) is 12.2 Å². The number of likely N-dealkylation sites (N-methyl/N-ethyl adjacent to an activating group) is 1. The number of aliphatic hydroxyl groups is 1. The van der Waals surface area contributed by atoms with Crippen molar-refractivity contribution in [3.05, 3.63) is 12.2 Å². The van der Waals surface area contributed by atoms with E-state index in [0.29, 0.717) is 12.1 Å². The number of hydrogen-bond acceptors (Lipinski definition) is 7. The van der Waals surface area contributed by atoms with Gasteiger partial charge < -0.3 is 18.9 Å². The quantitative estimate of drug-likeness (QED) is 0.0420. The summed E-state index contributed by atoms with van der Waals surface area (Å²) >= 11 is 0. The number of nitrogens with zero attached hydrogens (tertiary/aromatic N) is 1. The minimum absolute atomic E-state index is 0.0479. The van der Waals surface area contributed by atoms with E-state index < -0.39 is 22.5 Å². The zero-order chi connectivity index (χ0) is 28.6. The van der Waals surface area contributed by atoms with Gasteiger partial charge in [-0.3, -0.25) is 4.18 Å². The van der Waals surface area contributed by atoms with Gasteiger partial charge in [-0.1, -0.05) is 103 Å². The second-order valence-corrected chi connectivity index (χ2v) is 11.9. The van der Waals surface area contributed by atoms with Crippen LogP contribution in [-0.2, 0) is 24.1 Å². The molecule has 0 aromatic carbocycles. The zero-order valence-electron chi connectivity index (χ0n) is 24.5. The van der Waals surface area contributed by atoms with Gasteiger partial charge in [0.15, 0.2) is 0 Å². The first-order chi connectivity index (χ1) is 17.3. The van der Waals surface area contributed by atoms with E-state index in [2.05, 4.69) is 31.8 Å². The monoisotopic (exact) mass is 551 g/mol. The van der Waals surface area contributed by atoms with Crippen molar-refractivity contribution in [2.75, 3.05) is 40.9 Å². The molecule has 0 rings (SSSR count). The molecule has 1 unspecified atom stereocenters. The molecule has 9 heteroatoms. The molecule has 0 aliphatic carbocycles. The fourth-order valence-corrected chi connectivity index (χ4v) is 4.10. The minimum atomic E-state index is -4.41. The van der Waals surface area contributed by atoms with Crippen LogP contribution in [0.5, 0.6) is 0 Å². The van der Waals surface area contributed by atoms with Gasteiger partial charge in [0.05, 0.1) is 27.7 Å². The van der Waals surface area contributed by atoms with E-state index in [1.54, 1.807) is 6.92 Å². The van der Waals surface area contributed by atoms with Crippen molar-refractivity contribution in [2.24, 2.45) is 0 Å². The third kappa shape index (κ3) is 31.1. The van der Waals surface area contributed by atoms with E-state index in [0.717, 1.165) is 18.1 Å². The molecule has 37 heavy (non-hydrogen) atoms. The van der Waals surface area contributed by atoms with Crippen LogP contribution in [-0.4, -0.2) is 75.5 Å². The first-order valence-electron chi connectivity index (χ1n) is 14.2. The van der Waals surface area contributed by atoms with E-state index in [1.807, 2.05) is 0 Å². The lowest BCUT2D eigenvalue weighted by Gasteiger charge is -2.31. The van der Waals surface area contributed by atoms with Crippen LogP contribution in [0.2, 0.25) is 0 Å². The van der Waals surface area contributed by atoms with Crippen molar-refractivity contribution in [1.82, 2.24) is 0 Å². The molecular weight excluding hydrogens is 494 g/mol. The SMILES string of the molecule is C=C(C)C(=O)OCC(O)C[N+](C)(C)CCCCCCCCCCCCCCCCCC.COS(=O)(=O)[O-]. The van der Waals surface area contributed by atoms with Crippen molar-refractivity contribution < 1.29 is 36.3 Å². The average molecular weight is 552 g/mol. The standard InChI is InChI=1S/C27H54NO3.CH4O4S/c1-6-7-8-9-10-11-12-13-14-15-16-17-18-19-20-21-22-28(4,5)23-26(29)24-31-27(30)25(2)3;1-5-6(2,3)4/h26,29H,2,6-24H2,1,3-5H3;1H3,(H,2,3,4)/q+1;/p-1. The Kier molecular flexibility index (Phi) is 24.8. The van der Waals surface area contributed by atoms with Gasteiger partial charge in [0, 0.05) is 5.57 Å². The summed E-state index contributed by atoms with van der Waals surface area (Å²) in [5.74, 6) is -0.429. The van der Waals surface area contributed by atoms with Crippen molar-refractivity contribution in [2.45, 2.75) is 123 Å². The molecule has 0 saturated carbocycles. The lowest BCUT2D eigenvalue weighted by Crippen LogP contribution is -2.47. The second-order valence-electron chi connectivity index (χ2n) is 10.8. The number of esters is 1. The Hall–Kier alpha value is -1.00. The Morgan fingerprint density at radius 2 is 1.22 bits per heavy atom. The van der Waals surface area contributed by atoms with Gasteiger partial charge in [-0.2, -0.15) is 0 Å². The molecule has 0 amide bonds. The summed E-state index contributed by atoms with van der Waals surface area (Å²) in [5.41, 5.74) is 0.370. The maximum atomic E-state index is 11.4. The highest BCUT2D eigenvalue weighted by Gasteiger charge is 2.21. The summed E-state index contributed by atoms with van der Waals surface area (Å²) in [6, 6.07) is 0. The van der Waals surface area contributed by atoms with E-state index in [-0.39, 0.29) is 6.61 Å². The summed E-state index contributed by atoms with van der Waals surface area (Å²) in [5, 5.41) is 10.1. The van der Waals surface area contributed by atoms with Crippen LogP contribution in [0.3, 0.4) is 0 Å². The molecule has 0 aromatic heterocycles. The van der Waals surface area contributed by atoms with Crippen LogP contribution in [0.4, 0.5) is 0 Å². The number of carbonyl (C=O) groups excluding carboxylic acids is 1. The number of unbranched alkanes of at least 4 members (excludes halogenated alkanes) is 15. The van der Waals surface area contributed by atoms with E-state index in [1.165, 1.54) is 103 Å². The Labute approximate surface area is 228 Å². The molecule has 0 radical (unpaired) electrons. The molecule has 1 N–H and O–H groups in total. The Morgan fingerprint density at radius 1 is 0.865 bits per heavy atom. The highest BCUT2D eigenvalue weighted by Crippen LogP contribution is 2.14. The number of aliphatic hydroxyl groups excluding tert-OH is 1. The molecule has 0 saturated heterocycles. The first-order valence-corrected chi connectivity index (χ1v) is 15.5. The molecule has 0 spiro atoms. The van der Waals surface area contributed by atoms with Crippen molar-refractivity contribution in [3.63, 3.8) is 0 Å². The van der Waals surface area contributed by atoms with Gasteiger partial charge in [0.1, 0.15) is 19.3 Å². The summed E-state index contributed by atoms with van der Waals surface area (Å²) in [4.78, 5) is 11.4. The summed E-state index contributed by atoms with van der Waals surface area (Å²) in [6.45, 7) is 9.15. The normalized spacial score (nSPS) is 12.5. The molecule has 0 aliphatic rings. The Bertz CT molecular complexity index is 665. The highest BCUT2D eigenvalue weighted by atomic mass is 32.3. The van der Waals surface area contributed by atoms with Gasteiger partial charge in [-0.25, -0.2) is 13.2 Å². The predicted molar refractivity (Wildman–Crippen MR) is 150 cm³/mol. The van der Waals surface area contributed by atoms with Gasteiger partial charge in [0.2, 0.25) is 10.4 Å². The summed E-state index contributed by atoms with van der Waals surface area (Å²) in [6.07, 6.45) is 21.5. The van der Waals surface area contributed by atoms with Crippen molar-refractivity contribution in [3.8, 4) is 0 Å². The average Bonchev–Trinajstić information content (AvgIpc) is 2.81. The van der Waals surface area contributed by atoms with Gasteiger partial charge in [0.25, 0.3) is 0 Å². The van der Waals surface area contributed by atoms with Crippen LogP contribution >= 0.6 is 0 Å². The lowest BCUT2D eigenvalue weighted by molar-refractivity contribution is -0.893. The molecule has 222 valence electrons. The molecule has 0 bridgehead atoms.